The van der Waals surface area contributed by atoms with E-state index >= 15 is 0 Å². The molecule has 0 aromatic carbocycles. The monoisotopic (exact) mass is 1200 g/mol. The lowest BCUT2D eigenvalue weighted by Crippen LogP contribution is -2.45. The molecule has 3 atom stereocenters. The Bertz CT molecular complexity index is 1460. The highest BCUT2D eigenvalue weighted by Crippen LogP contribution is 2.38. The fraction of sp³-hybridized carbons (Fsp3) is 0.907. The van der Waals surface area contributed by atoms with Gasteiger partial charge in [-0.3, -0.25) is 9.36 Å². The molecule has 0 fully saturated rings. The van der Waals surface area contributed by atoms with Gasteiger partial charge in [-0.25, -0.2) is 0 Å². The average molecular weight is 1200 g/mol. The number of hydrogen-bond donors (Lipinski definition) is 2. The molecule has 0 bridgehead atoms. The zero-order valence-electron chi connectivity index (χ0n) is 57.1. The number of nitrogens with one attached hydrogen (secondary N) is 1. The van der Waals surface area contributed by atoms with E-state index in [2.05, 4.69) is 43.5 Å². The maximum atomic E-state index is 13.0. The molecule has 0 radical (unpaired) electrons. The standard InChI is InChI=1S/C75H147N2O6P/c1-6-8-10-12-14-16-18-20-22-24-26-28-30-31-32-33-34-35-36-37-38-39-40-41-42-43-44-45-47-49-51-53-55-57-59-61-63-65-67-69-75(79)76-73(72-83-84(80,81)82-71-70-77(3,4)5)74(78)68-66-64-62-60-58-56-54-52-50-48-46-29-27-25-23-21-19-17-15-13-11-9-7-2/h18,20,24,26,66,68,73-74,78H,6-17,19,21-23,25,27-65,67,69-72H2,1-5H3,(H-,76,79,80,81)/b20-18-,26-24-,68-66+. The summed E-state index contributed by atoms with van der Waals surface area (Å²) >= 11 is 0. The molecule has 0 heterocycles. The molecule has 84 heavy (non-hydrogen) atoms. The predicted octanol–water partition coefficient (Wildman–Crippen LogP) is 23.4. The Hall–Kier alpha value is -1.28. The van der Waals surface area contributed by atoms with Crippen molar-refractivity contribution >= 4 is 13.7 Å². The lowest BCUT2D eigenvalue weighted by atomic mass is 10.0. The van der Waals surface area contributed by atoms with E-state index in [0.717, 1.165) is 44.9 Å². The number of carbonyl (C=O) groups is 1. The number of phosphoric ester groups is 1. The van der Waals surface area contributed by atoms with Crippen LogP contribution in [0.3, 0.4) is 0 Å². The van der Waals surface area contributed by atoms with Crippen molar-refractivity contribution in [2.45, 2.75) is 398 Å². The zero-order chi connectivity index (χ0) is 61.2. The molecule has 0 aliphatic heterocycles. The number of nitrogens with zero attached hydrogens (tertiary/aromatic N) is 1. The molecule has 9 heteroatoms. The summed E-state index contributed by atoms with van der Waals surface area (Å²) in [5.41, 5.74) is 0. The van der Waals surface area contributed by atoms with Crippen LogP contribution < -0.4 is 10.2 Å². The van der Waals surface area contributed by atoms with Crippen molar-refractivity contribution in [3.8, 4) is 0 Å². The Balaban J connectivity index is 3.93. The van der Waals surface area contributed by atoms with Gasteiger partial charge in [0.2, 0.25) is 5.91 Å². The number of allylic oxidation sites excluding steroid dienone is 5. The summed E-state index contributed by atoms with van der Waals surface area (Å²) in [4.78, 5) is 25.6. The van der Waals surface area contributed by atoms with Crippen LogP contribution in [-0.4, -0.2) is 68.5 Å². The van der Waals surface area contributed by atoms with E-state index in [1.165, 1.54) is 321 Å². The number of hydrogen-bond acceptors (Lipinski definition) is 6. The number of aliphatic hydroxyl groups excluding tert-OH is 1. The molecule has 498 valence electrons. The second-order valence-electron chi connectivity index (χ2n) is 27.0. The van der Waals surface area contributed by atoms with Crippen LogP contribution in [0.5, 0.6) is 0 Å². The van der Waals surface area contributed by atoms with Gasteiger partial charge in [-0.05, 0) is 51.4 Å². The number of likely N-dealkylation sites (N-methyl/N-ethyl adjacent to an activating group) is 1. The molecular formula is C75H147N2O6P. The van der Waals surface area contributed by atoms with Gasteiger partial charge in [0, 0.05) is 6.42 Å². The summed E-state index contributed by atoms with van der Waals surface area (Å²) in [6, 6.07) is -0.886. The summed E-state index contributed by atoms with van der Waals surface area (Å²) in [5, 5.41) is 14.0. The Kier molecular flexibility index (Phi) is 65.1. The van der Waals surface area contributed by atoms with E-state index in [1.807, 2.05) is 27.2 Å². The molecule has 0 aromatic heterocycles. The minimum Gasteiger partial charge on any atom is -0.756 e. The van der Waals surface area contributed by atoms with Crippen LogP contribution in [0.25, 0.3) is 0 Å². The van der Waals surface area contributed by atoms with Crippen LogP contribution in [0, 0.1) is 0 Å². The molecule has 8 nitrogen and oxygen atoms in total. The van der Waals surface area contributed by atoms with E-state index in [-0.39, 0.29) is 19.1 Å². The van der Waals surface area contributed by atoms with Crippen molar-refractivity contribution in [3.05, 3.63) is 36.5 Å². The van der Waals surface area contributed by atoms with Gasteiger partial charge in [-0.1, -0.05) is 365 Å². The molecule has 0 rings (SSSR count). The number of phosphoric acid groups is 1. The first-order valence-corrected chi connectivity index (χ1v) is 38.8. The van der Waals surface area contributed by atoms with Crippen molar-refractivity contribution in [2.24, 2.45) is 0 Å². The molecule has 0 saturated heterocycles. The quantitative estimate of drug-likeness (QED) is 0.0272. The smallest absolute Gasteiger partial charge is 0.268 e. The highest BCUT2D eigenvalue weighted by molar-refractivity contribution is 7.45. The third-order valence-corrected chi connectivity index (χ3v) is 18.3. The maximum Gasteiger partial charge on any atom is 0.268 e. The van der Waals surface area contributed by atoms with Crippen LogP contribution in [0.2, 0.25) is 0 Å². The number of rotatable bonds is 70. The lowest BCUT2D eigenvalue weighted by Gasteiger charge is -2.29. The Morgan fingerprint density at radius 2 is 0.690 bits per heavy atom. The first-order chi connectivity index (χ1) is 41.0. The number of carbonyl (C=O) groups excluding carboxylic acids is 1. The fourth-order valence-corrected chi connectivity index (χ4v) is 12.3. The zero-order valence-corrected chi connectivity index (χ0v) is 58.0. The number of amides is 1. The van der Waals surface area contributed by atoms with Gasteiger partial charge in [0.25, 0.3) is 7.82 Å². The van der Waals surface area contributed by atoms with Gasteiger partial charge >= 0.3 is 0 Å². The Morgan fingerprint density at radius 3 is 0.988 bits per heavy atom. The SMILES string of the molecule is CCCCCCC/C=C\C/C=C\CCCCCCCCCCCCCCCCCCCCCCCCCCCCCC(=O)NC(COP(=O)([O-])OCC[N+](C)(C)C)C(O)/C=C/CCCCCCCCCCCCCCCCCCCCCCC. The van der Waals surface area contributed by atoms with Crippen molar-refractivity contribution in [1.82, 2.24) is 5.32 Å². The van der Waals surface area contributed by atoms with Crippen LogP contribution >= 0.6 is 7.82 Å². The second-order valence-corrected chi connectivity index (χ2v) is 28.4. The van der Waals surface area contributed by atoms with E-state index < -0.39 is 20.0 Å². The van der Waals surface area contributed by atoms with Crippen molar-refractivity contribution in [2.75, 3.05) is 40.9 Å². The minimum atomic E-state index is -4.60. The van der Waals surface area contributed by atoms with E-state index in [4.69, 9.17) is 9.05 Å². The lowest BCUT2D eigenvalue weighted by molar-refractivity contribution is -0.870. The minimum absolute atomic E-state index is 0.00178. The van der Waals surface area contributed by atoms with Crippen LogP contribution in [0.1, 0.15) is 386 Å². The van der Waals surface area contributed by atoms with Crippen molar-refractivity contribution in [3.63, 3.8) is 0 Å². The first kappa shape index (κ1) is 82.7. The molecule has 0 saturated carbocycles. The van der Waals surface area contributed by atoms with E-state index in [1.54, 1.807) is 6.08 Å². The predicted molar refractivity (Wildman–Crippen MR) is 367 cm³/mol. The topological polar surface area (TPSA) is 108 Å². The molecule has 0 spiro atoms. The molecule has 0 aromatic rings. The maximum absolute atomic E-state index is 13.0. The van der Waals surface area contributed by atoms with Gasteiger partial charge in [0.15, 0.2) is 0 Å². The summed E-state index contributed by atoms with van der Waals surface area (Å²) in [6.07, 6.45) is 88.6. The molecule has 3 unspecified atom stereocenters. The van der Waals surface area contributed by atoms with Gasteiger partial charge in [0.05, 0.1) is 39.9 Å². The van der Waals surface area contributed by atoms with E-state index in [9.17, 15) is 19.4 Å². The molecule has 2 N–H and O–H groups in total. The third kappa shape index (κ3) is 68.2. The summed E-state index contributed by atoms with van der Waals surface area (Å²) in [6.45, 7) is 4.70. The van der Waals surface area contributed by atoms with Crippen LogP contribution in [0.4, 0.5) is 0 Å². The van der Waals surface area contributed by atoms with Gasteiger partial charge in [-0.2, -0.15) is 0 Å². The van der Waals surface area contributed by atoms with Crippen LogP contribution in [-0.2, 0) is 18.4 Å². The largest absolute Gasteiger partial charge is 0.756 e. The summed E-state index contributed by atoms with van der Waals surface area (Å²) < 4.78 is 23.5. The number of aliphatic hydroxyl groups is 1. The fourth-order valence-electron chi connectivity index (χ4n) is 11.5. The Morgan fingerprint density at radius 1 is 0.417 bits per heavy atom. The molecular weight excluding hydrogens is 1060 g/mol. The van der Waals surface area contributed by atoms with Gasteiger partial charge in [-0.15, -0.1) is 0 Å². The van der Waals surface area contributed by atoms with Gasteiger partial charge < -0.3 is 28.8 Å². The van der Waals surface area contributed by atoms with Crippen LogP contribution in [0.15, 0.2) is 36.5 Å². The summed E-state index contributed by atoms with van der Waals surface area (Å²) in [7, 11) is 1.28. The third-order valence-electron chi connectivity index (χ3n) is 17.3. The number of quaternary nitrogens is 1. The number of unbranched alkanes of at least 4 members (excludes halogenated alkanes) is 53. The summed E-state index contributed by atoms with van der Waals surface area (Å²) in [5.74, 6) is -0.188. The molecule has 0 aliphatic carbocycles. The van der Waals surface area contributed by atoms with Gasteiger partial charge in [0.1, 0.15) is 13.2 Å². The highest BCUT2D eigenvalue weighted by atomic mass is 31.2. The molecule has 1 amide bonds. The highest BCUT2D eigenvalue weighted by Gasteiger charge is 2.23. The first-order valence-electron chi connectivity index (χ1n) is 37.4. The van der Waals surface area contributed by atoms with E-state index in [0.29, 0.717) is 17.4 Å². The molecule has 0 aliphatic rings. The van der Waals surface area contributed by atoms with Crippen molar-refractivity contribution in [1.29, 1.82) is 0 Å². The second kappa shape index (κ2) is 66.1. The Labute approximate surface area is 525 Å². The van der Waals surface area contributed by atoms with Crippen molar-refractivity contribution < 1.29 is 32.9 Å². The normalized spacial score (nSPS) is 13.8. The average Bonchev–Trinajstić information content (AvgIpc) is 3.56.